The SMILES string of the molecule is CCC(=O)c1ccc(C#CCN)cc1. The highest BCUT2D eigenvalue weighted by atomic mass is 16.1. The van der Waals surface area contributed by atoms with Crippen LogP contribution in [0, 0.1) is 11.8 Å². The molecule has 0 radical (unpaired) electrons. The van der Waals surface area contributed by atoms with E-state index in [9.17, 15) is 4.79 Å². The Labute approximate surface area is 84.1 Å². The van der Waals surface area contributed by atoms with Crippen molar-refractivity contribution in [3.8, 4) is 11.8 Å². The van der Waals surface area contributed by atoms with Gasteiger partial charge in [0.1, 0.15) is 0 Å². The highest BCUT2D eigenvalue weighted by molar-refractivity contribution is 5.95. The molecule has 0 saturated carbocycles. The van der Waals surface area contributed by atoms with Crippen molar-refractivity contribution in [2.75, 3.05) is 6.54 Å². The summed E-state index contributed by atoms with van der Waals surface area (Å²) in [5.74, 6) is 5.82. The molecule has 0 aliphatic carbocycles. The van der Waals surface area contributed by atoms with Crippen molar-refractivity contribution in [2.24, 2.45) is 5.73 Å². The summed E-state index contributed by atoms with van der Waals surface area (Å²) in [4.78, 5) is 11.3. The molecule has 2 nitrogen and oxygen atoms in total. The first-order valence-electron chi connectivity index (χ1n) is 4.60. The summed E-state index contributed by atoms with van der Waals surface area (Å²) in [5.41, 5.74) is 6.88. The normalized spacial score (nSPS) is 9.00. The summed E-state index contributed by atoms with van der Waals surface area (Å²) >= 11 is 0. The number of nitrogens with two attached hydrogens (primary N) is 1. The molecule has 0 bridgehead atoms. The number of hydrogen-bond acceptors (Lipinski definition) is 2. The molecule has 0 unspecified atom stereocenters. The zero-order valence-corrected chi connectivity index (χ0v) is 8.21. The third kappa shape index (κ3) is 2.72. The van der Waals surface area contributed by atoms with Gasteiger partial charge in [-0.3, -0.25) is 4.79 Å². The predicted molar refractivity (Wildman–Crippen MR) is 57.0 cm³/mol. The summed E-state index contributed by atoms with van der Waals surface area (Å²) in [6.45, 7) is 2.21. The first kappa shape index (κ1) is 10.5. The van der Waals surface area contributed by atoms with E-state index in [1.807, 2.05) is 19.1 Å². The number of rotatable bonds is 2. The minimum atomic E-state index is 0.156. The molecule has 1 aromatic rings. The van der Waals surface area contributed by atoms with Crippen molar-refractivity contribution in [1.82, 2.24) is 0 Å². The molecular weight excluding hydrogens is 174 g/mol. The van der Waals surface area contributed by atoms with Gasteiger partial charge in [0, 0.05) is 17.5 Å². The first-order chi connectivity index (χ1) is 6.77. The van der Waals surface area contributed by atoms with Gasteiger partial charge in [-0.15, -0.1) is 0 Å². The van der Waals surface area contributed by atoms with Crippen molar-refractivity contribution >= 4 is 5.78 Å². The fourth-order valence-corrected chi connectivity index (χ4v) is 1.10. The van der Waals surface area contributed by atoms with Crippen LogP contribution >= 0.6 is 0 Å². The number of benzene rings is 1. The van der Waals surface area contributed by atoms with Gasteiger partial charge in [0.25, 0.3) is 0 Å². The maximum Gasteiger partial charge on any atom is 0.162 e. The van der Waals surface area contributed by atoms with Crippen LogP contribution < -0.4 is 5.73 Å². The zero-order chi connectivity index (χ0) is 10.4. The summed E-state index contributed by atoms with van der Waals surface area (Å²) < 4.78 is 0. The van der Waals surface area contributed by atoms with Crippen LogP contribution in [0.2, 0.25) is 0 Å². The number of carbonyl (C=O) groups excluding carboxylic acids is 1. The average Bonchev–Trinajstić information content (AvgIpc) is 2.26. The highest BCUT2D eigenvalue weighted by Gasteiger charge is 2.00. The Balaban J connectivity index is 2.83. The highest BCUT2D eigenvalue weighted by Crippen LogP contribution is 2.05. The van der Waals surface area contributed by atoms with E-state index in [2.05, 4.69) is 11.8 Å². The molecule has 0 amide bonds. The molecule has 0 atom stereocenters. The maximum absolute atomic E-state index is 11.3. The Morgan fingerprint density at radius 3 is 2.50 bits per heavy atom. The van der Waals surface area contributed by atoms with Gasteiger partial charge < -0.3 is 5.73 Å². The molecule has 0 aliphatic rings. The topological polar surface area (TPSA) is 43.1 Å². The van der Waals surface area contributed by atoms with E-state index in [1.54, 1.807) is 12.1 Å². The summed E-state index contributed by atoms with van der Waals surface area (Å²) in [6, 6.07) is 7.27. The van der Waals surface area contributed by atoms with E-state index >= 15 is 0 Å². The molecule has 14 heavy (non-hydrogen) atoms. The third-order valence-corrected chi connectivity index (χ3v) is 1.86. The Hall–Kier alpha value is -1.59. The molecule has 0 fully saturated rings. The van der Waals surface area contributed by atoms with E-state index in [4.69, 9.17) is 5.73 Å². The fraction of sp³-hybridized carbons (Fsp3) is 0.250. The largest absolute Gasteiger partial charge is 0.320 e. The molecule has 2 heteroatoms. The van der Waals surface area contributed by atoms with Crippen LogP contribution in [0.25, 0.3) is 0 Å². The van der Waals surface area contributed by atoms with Gasteiger partial charge in [-0.05, 0) is 12.1 Å². The van der Waals surface area contributed by atoms with Gasteiger partial charge in [-0.2, -0.15) is 0 Å². The van der Waals surface area contributed by atoms with Gasteiger partial charge >= 0.3 is 0 Å². The maximum atomic E-state index is 11.3. The van der Waals surface area contributed by atoms with Gasteiger partial charge in [-0.1, -0.05) is 30.9 Å². The van der Waals surface area contributed by atoms with E-state index in [0.717, 1.165) is 11.1 Å². The van der Waals surface area contributed by atoms with E-state index in [-0.39, 0.29) is 5.78 Å². The Kier molecular flexibility index (Phi) is 3.90. The lowest BCUT2D eigenvalue weighted by molar-refractivity contribution is 0.0988. The molecule has 1 rings (SSSR count). The summed E-state index contributed by atoms with van der Waals surface area (Å²) in [7, 11) is 0. The summed E-state index contributed by atoms with van der Waals surface area (Å²) in [6.07, 6.45) is 0.536. The number of hydrogen-bond donors (Lipinski definition) is 1. The fourth-order valence-electron chi connectivity index (χ4n) is 1.10. The van der Waals surface area contributed by atoms with Crippen LogP contribution in [0.15, 0.2) is 24.3 Å². The van der Waals surface area contributed by atoms with E-state index in [0.29, 0.717) is 13.0 Å². The second-order valence-corrected chi connectivity index (χ2v) is 2.86. The lowest BCUT2D eigenvalue weighted by Crippen LogP contribution is -1.96. The molecule has 0 saturated heterocycles. The lowest BCUT2D eigenvalue weighted by Gasteiger charge is -1.96. The first-order valence-corrected chi connectivity index (χ1v) is 4.60. The molecule has 1 aromatic carbocycles. The molecule has 72 valence electrons. The minimum absolute atomic E-state index is 0.156. The monoisotopic (exact) mass is 187 g/mol. The molecule has 2 N–H and O–H groups in total. The van der Waals surface area contributed by atoms with Gasteiger partial charge in [0.2, 0.25) is 0 Å². The summed E-state index contributed by atoms with van der Waals surface area (Å²) in [5, 5.41) is 0. The van der Waals surface area contributed by atoms with Crippen LogP contribution in [0.1, 0.15) is 29.3 Å². The van der Waals surface area contributed by atoms with Crippen LogP contribution in [-0.2, 0) is 0 Å². The second kappa shape index (κ2) is 5.21. The Bertz CT molecular complexity index is 368. The van der Waals surface area contributed by atoms with Crippen molar-refractivity contribution < 1.29 is 4.79 Å². The quantitative estimate of drug-likeness (QED) is 0.564. The average molecular weight is 187 g/mol. The van der Waals surface area contributed by atoms with Crippen molar-refractivity contribution in [3.05, 3.63) is 35.4 Å². The number of Topliss-reactive ketones (excluding diaryl/α,β-unsaturated/α-hetero) is 1. The number of ketones is 1. The van der Waals surface area contributed by atoms with E-state index in [1.165, 1.54) is 0 Å². The molecular formula is C12H13NO. The Morgan fingerprint density at radius 1 is 1.36 bits per heavy atom. The van der Waals surface area contributed by atoms with Crippen LogP contribution in [0.5, 0.6) is 0 Å². The standard InChI is InChI=1S/C12H13NO/c1-2-12(14)11-7-5-10(6-8-11)4-3-9-13/h5-8H,2,9,13H2,1H3. The molecule has 0 spiro atoms. The van der Waals surface area contributed by atoms with Crippen LogP contribution in [0.4, 0.5) is 0 Å². The van der Waals surface area contributed by atoms with Gasteiger partial charge in [0.05, 0.1) is 6.54 Å². The van der Waals surface area contributed by atoms with Crippen molar-refractivity contribution in [2.45, 2.75) is 13.3 Å². The van der Waals surface area contributed by atoms with Crippen LogP contribution in [0.3, 0.4) is 0 Å². The predicted octanol–water partition coefficient (Wildman–Crippen LogP) is 1.59. The second-order valence-electron chi connectivity index (χ2n) is 2.86. The van der Waals surface area contributed by atoms with Crippen molar-refractivity contribution in [1.29, 1.82) is 0 Å². The minimum Gasteiger partial charge on any atom is -0.320 e. The molecule has 0 aliphatic heterocycles. The van der Waals surface area contributed by atoms with Gasteiger partial charge in [-0.25, -0.2) is 0 Å². The molecule has 0 aromatic heterocycles. The van der Waals surface area contributed by atoms with Crippen molar-refractivity contribution in [3.63, 3.8) is 0 Å². The van der Waals surface area contributed by atoms with E-state index < -0.39 is 0 Å². The number of carbonyl (C=O) groups is 1. The zero-order valence-electron chi connectivity index (χ0n) is 8.21. The van der Waals surface area contributed by atoms with Crippen LogP contribution in [-0.4, -0.2) is 12.3 Å². The smallest absolute Gasteiger partial charge is 0.162 e. The Morgan fingerprint density at radius 2 is 2.00 bits per heavy atom. The van der Waals surface area contributed by atoms with Gasteiger partial charge in [0.15, 0.2) is 5.78 Å². The third-order valence-electron chi connectivity index (χ3n) is 1.86. The molecule has 0 heterocycles. The lowest BCUT2D eigenvalue weighted by atomic mass is 10.1.